The van der Waals surface area contributed by atoms with Gasteiger partial charge in [0.25, 0.3) is 5.91 Å². The molecule has 4 N–H and O–H groups in total. The Morgan fingerprint density at radius 3 is 2.60 bits per heavy atom. The van der Waals surface area contributed by atoms with E-state index >= 15 is 0 Å². The molecule has 2 aromatic rings. The summed E-state index contributed by atoms with van der Waals surface area (Å²) in [4.78, 5) is 12.2. The zero-order valence-corrected chi connectivity index (χ0v) is 12.2. The number of benzene rings is 1. The lowest BCUT2D eigenvalue weighted by Gasteiger charge is -2.14. The minimum Gasteiger partial charge on any atom is -0.399 e. The van der Waals surface area contributed by atoms with Crippen LogP contribution in [0, 0.1) is 6.92 Å². The molecule has 5 nitrogen and oxygen atoms in total. The average molecular weight is 272 g/mol. The topological polar surface area (TPSA) is 83.8 Å². The van der Waals surface area contributed by atoms with Crippen molar-refractivity contribution in [3.8, 4) is 0 Å². The molecule has 0 aliphatic carbocycles. The Morgan fingerprint density at radius 2 is 2.00 bits per heavy atom. The molecule has 0 aliphatic rings. The van der Waals surface area contributed by atoms with Crippen LogP contribution >= 0.6 is 0 Å². The first-order chi connectivity index (χ1) is 9.27. The third-order valence-corrected chi connectivity index (χ3v) is 3.13. The molecule has 0 unspecified atom stereocenters. The van der Waals surface area contributed by atoms with E-state index in [1.165, 1.54) is 0 Å². The third kappa shape index (κ3) is 2.99. The molecule has 0 fully saturated rings. The molecule has 0 atom stereocenters. The predicted octanol–water partition coefficient (Wildman–Crippen LogP) is 2.85. The van der Waals surface area contributed by atoms with E-state index < -0.39 is 0 Å². The Labute approximate surface area is 118 Å². The minimum atomic E-state index is -0.207. The molecule has 0 aliphatic heterocycles. The van der Waals surface area contributed by atoms with E-state index in [2.05, 4.69) is 36.3 Å². The fraction of sp³-hybridized carbons (Fsp3) is 0.333. The summed E-state index contributed by atoms with van der Waals surface area (Å²) in [5.74, 6) is 0.309. The van der Waals surface area contributed by atoms with Crippen molar-refractivity contribution in [2.45, 2.75) is 33.1 Å². The Bertz CT molecular complexity index is 638. The van der Waals surface area contributed by atoms with Gasteiger partial charge in [-0.05, 0) is 24.6 Å². The van der Waals surface area contributed by atoms with Crippen LogP contribution in [0.25, 0.3) is 0 Å². The van der Waals surface area contributed by atoms with Crippen LogP contribution in [0.15, 0.2) is 24.3 Å². The lowest BCUT2D eigenvalue weighted by Crippen LogP contribution is -2.14. The van der Waals surface area contributed by atoms with Gasteiger partial charge in [0.05, 0.1) is 0 Å². The van der Waals surface area contributed by atoms with Crippen molar-refractivity contribution in [1.82, 2.24) is 10.2 Å². The van der Waals surface area contributed by atoms with Crippen LogP contribution in [0.2, 0.25) is 0 Å². The lowest BCUT2D eigenvalue weighted by atomic mass is 9.92. The maximum atomic E-state index is 12.2. The number of aromatic amines is 1. The molecule has 20 heavy (non-hydrogen) atoms. The molecule has 0 spiro atoms. The van der Waals surface area contributed by atoms with Crippen LogP contribution in [-0.2, 0) is 5.41 Å². The fourth-order valence-corrected chi connectivity index (χ4v) is 1.84. The second-order valence-electron chi connectivity index (χ2n) is 5.95. The summed E-state index contributed by atoms with van der Waals surface area (Å²) in [6.07, 6.45) is 0. The van der Waals surface area contributed by atoms with Gasteiger partial charge in [0.2, 0.25) is 0 Å². The van der Waals surface area contributed by atoms with Crippen molar-refractivity contribution < 1.29 is 4.79 Å². The first-order valence-corrected chi connectivity index (χ1v) is 6.51. The van der Waals surface area contributed by atoms with Gasteiger partial charge in [0, 0.05) is 28.4 Å². The van der Waals surface area contributed by atoms with Gasteiger partial charge in [0.15, 0.2) is 5.82 Å². The highest BCUT2D eigenvalue weighted by atomic mass is 16.1. The van der Waals surface area contributed by atoms with Crippen molar-refractivity contribution in [2.75, 3.05) is 11.1 Å². The van der Waals surface area contributed by atoms with Gasteiger partial charge in [-0.3, -0.25) is 9.89 Å². The number of H-pyrrole nitrogens is 1. The number of hydrogen-bond acceptors (Lipinski definition) is 3. The summed E-state index contributed by atoms with van der Waals surface area (Å²) in [6, 6.07) is 7.12. The Balaban J connectivity index is 2.20. The molecule has 1 heterocycles. The quantitative estimate of drug-likeness (QED) is 0.735. The predicted molar refractivity (Wildman–Crippen MR) is 80.8 cm³/mol. The van der Waals surface area contributed by atoms with E-state index in [0.29, 0.717) is 17.1 Å². The van der Waals surface area contributed by atoms with Gasteiger partial charge in [0.1, 0.15) is 0 Å². The van der Waals surface area contributed by atoms with Gasteiger partial charge < -0.3 is 11.1 Å². The molecule has 2 rings (SSSR count). The highest BCUT2D eigenvalue weighted by Crippen LogP contribution is 2.22. The molecule has 5 heteroatoms. The second kappa shape index (κ2) is 5.00. The highest BCUT2D eigenvalue weighted by molar-refractivity contribution is 6.05. The van der Waals surface area contributed by atoms with Gasteiger partial charge >= 0.3 is 0 Å². The summed E-state index contributed by atoms with van der Waals surface area (Å²) in [7, 11) is 0. The van der Waals surface area contributed by atoms with Crippen molar-refractivity contribution in [3.63, 3.8) is 0 Å². The van der Waals surface area contributed by atoms with E-state index in [0.717, 1.165) is 11.3 Å². The maximum absolute atomic E-state index is 12.2. The molecular formula is C15H20N4O. The Morgan fingerprint density at radius 1 is 1.30 bits per heavy atom. The number of nitrogens with one attached hydrogen (secondary N) is 2. The number of aromatic nitrogens is 2. The molecular weight excluding hydrogens is 252 g/mol. The van der Waals surface area contributed by atoms with Crippen LogP contribution in [0.1, 0.15) is 42.4 Å². The molecule has 0 bridgehead atoms. The monoisotopic (exact) mass is 272 g/mol. The summed E-state index contributed by atoms with van der Waals surface area (Å²) in [5, 5.41) is 9.83. The van der Waals surface area contributed by atoms with E-state index in [1.54, 1.807) is 12.1 Å². The minimum absolute atomic E-state index is 0.0386. The number of nitrogens with two attached hydrogens (primary N) is 1. The highest BCUT2D eigenvalue weighted by Gasteiger charge is 2.18. The van der Waals surface area contributed by atoms with Crippen molar-refractivity contribution in [1.29, 1.82) is 0 Å². The number of amides is 1. The van der Waals surface area contributed by atoms with Crippen LogP contribution in [0.3, 0.4) is 0 Å². The Kier molecular flexibility index (Phi) is 3.53. The zero-order valence-electron chi connectivity index (χ0n) is 12.2. The standard InChI is InChI=1S/C15H20N4O/c1-9-5-6-10(16)7-11(9)14(20)17-13-8-12(18-19-13)15(2,3)4/h5-8H,16H2,1-4H3,(H2,17,18,19,20). The van der Waals surface area contributed by atoms with E-state index in [1.807, 2.05) is 19.1 Å². The molecule has 0 saturated heterocycles. The SMILES string of the molecule is Cc1ccc(N)cc1C(=O)Nc1cc(C(C)(C)C)[nH]n1. The Hall–Kier alpha value is -2.30. The second-order valence-corrected chi connectivity index (χ2v) is 5.95. The van der Waals surface area contributed by atoms with E-state index in [9.17, 15) is 4.79 Å². The fourth-order valence-electron chi connectivity index (χ4n) is 1.84. The third-order valence-electron chi connectivity index (χ3n) is 3.13. The van der Waals surface area contributed by atoms with E-state index in [4.69, 9.17) is 5.73 Å². The molecule has 0 saturated carbocycles. The molecule has 1 aromatic carbocycles. The van der Waals surface area contributed by atoms with Gasteiger partial charge in [-0.25, -0.2) is 0 Å². The number of nitrogens with zero attached hydrogens (tertiary/aromatic N) is 1. The molecule has 1 amide bonds. The van der Waals surface area contributed by atoms with Crippen LogP contribution in [0.4, 0.5) is 11.5 Å². The number of hydrogen-bond donors (Lipinski definition) is 3. The summed E-state index contributed by atoms with van der Waals surface area (Å²) >= 11 is 0. The van der Waals surface area contributed by atoms with Crippen LogP contribution in [-0.4, -0.2) is 16.1 Å². The lowest BCUT2D eigenvalue weighted by molar-refractivity contribution is 0.102. The maximum Gasteiger partial charge on any atom is 0.257 e. The van der Waals surface area contributed by atoms with Crippen molar-refractivity contribution in [2.24, 2.45) is 0 Å². The van der Waals surface area contributed by atoms with Crippen LogP contribution in [0.5, 0.6) is 0 Å². The van der Waals surface area contributed by atoms with Crippen LogP contribution < -0.4 is 11.1 Å². The molecule has 0 radical (unpaired) electrons. The number of carbonyl (C=O) groups is 1. The number of anilines is 2. The molecule has 1 aromatic heterocycles. The molecule has 106 valence electrons. The average Bonchev–Trinajstić information content (AvgIpc) is 2.80. The first kappa shape index (κ1) is 14.1. The summed E-state index contributed by atoms with van der Waals surface area (Å²) in [6.45, 7) is 8.11. The smallest absolute Gasteiger partial charge is 0.257 e. The summed E-state index contributed by atoms with van der Waals surface area (Å²) < 4.78 is 0. The zero-order chi connectivity index (χ0) is 14.9. The van der Waals surface area contributed by atoms with E-state index in [-0.39, 0.29) is 11.3 Å². The van der Waals surface area contributed by atoms with Gasteiger partial charge in [-0.15, -0.1) is 0 Å². The number of rotatable bonds is 2. The number of carbonyl (C=O) groups excluding carboxylic acids is 1. The van der Waals surface area contributed by atoms with Gasteiger partial charge in [-0.1, -0.05) is 26.8 Å². The first-order valence-electron chi connectivity index (χ1n) is 6.51. The normalized spacial score (nSPS) is 11.4. The number of aryl methyl sites for hydroxylation is 1. The van der Waals surface area contributed by atoms with Crippen molar-refractivity contribution >= 4 is 17.4 Å². The number of nitrogen functional groups attached to an aromatic ring is 1. The van der Waals surface area contributed by atoms with Gasteiger partial charge in [-0.2, -0.15) is 5.10 Å². The van der Waals surface area contributed by atoms with Crippen molar-refractivity contribution in [3.05, 3.63) is 41.1 Å². The largest absolute Gasteiger partial charge is 0.399 e. The summed E-state index contributed by atoms with van der Waals surface area (Å²) in [5.41, 5.74) is 8.66.